The number of sulfone groups is 1. The maximum atomic E-state index is 13.4. The molecule has 1 aliphatic carbocycles. The Hall–Kier alpha value is -2.24. The summed E-state index contributed by atoms with van der Waals surface area (Å²) in [4.78, 5) is 13.2. The van der Waals surface area contributed by atoms with E-state index in [0.717, 1.165) is 16.9 Å². The second-order valence-electron chi connectivity index (χ2n) is 8.92. The summed E-state index contributed by atoms with van der Waals surface area (Å²) < 4.78 is 54.9. The number of nitrogens with one attached hydrogen (secondary N) is 1. The van der Waals surface area contributed by atoms with Crippen LogP contribution in [0.2, 0.25) is 5.02 Å². The molecule has 0 aliphatic heterocycles. The second kappa shape index (κ2) is 9.01. The average Bonchev–Trinajstić information content (AvgIpc) is 3.16. The van der Waals surface area contributed by atoms with Gasteiger partial charge in [0.15, 0.2) is 9.84 Å². The molecular weight excluding hydrogens is 530 g/mol. The molecule has 0 radical (unpaired) electrons. The topological polar surface area (TPSA) is 118 Å². The minimum Gasteiger partial charge on any atom is -0.480 e. The molecule has 7 nitrogen and oxygen atoms in total. The molecule has 3 aromatic rings. The first-order valence-corrected chi connectivity index (χ1v) is 15.1. The summed E-state index contributed by atoms with van der Waals surface area (Å²) in [7, 11) is -7.99. The zero-order valence-electron chi connectivity index (χ0n) is 18.9. The first-order valence-electron chi connectivity index (χ1n) is 10.7. The molecule has 0 bridgehead atoms. The van der Waals surface area contributed by atoms with E-state index in [1.54, 1.807) is 60.7 Å². The number of benzene rings is 2. The van der Waals surface area contributed by atoms with Crippen molar-refractivity contribution < 1.29 is 26.7 Å². The summed E-state index contributed by atoms with van der Waals surface area (Å²) in [5.41, 5.74) is -2.21. The van der Waals surface area contributed by atoms with Crippen LogP contribution < -0.4 is 4.72 Å². The van der Waals surface area contributed by atoms with Gasteiger partial charge in [0.25, 0.3) is 10.0 Å². The van der Waals surface area contributed by atoms with Crippen molar-refractivity contribution in [1.29, 1.82) is 0 Å². The van der Waals surface area contributed by atoms with E-state index in [2.05, 4.69) is 4.72 Å². The van der Waals surface area contributed by atoms with E-state index in [0.29, 0.717) is 15.5 Å². The zero-order valence-corrected chi connectivity index (χ0v) is 22.1. The average molecular weight is 554 g/mol. The number of hydrogen-bond acceptors (Lipinski definition) is 6. The maximum Gasteiger partial charge on any atom is 0.325 e. The highest BCUT2D eigenvalue weighted by molar-refractivity contribution is 7.92. The molecular formula is C24H24ClNO6S3. The van der Waals surface area contributed by atoms with E-state index in [-0.39, 0.29) is 10.6 Å². The molecule has 1 aliphatic rings. The predicted molar refractivity (Wildman–Crippen MR) is 137 cm³/mol. The highest BCUT2D eigenvalue weighted by atomic mass is 35.5. The number of hydrogen-bond donors (Lipinski definition) is 2. The van der Waals surface area contributed by atoms with Gasteiger partial charge in [0.1, 0.15) is 9.75 Å². The third-order valence-corrected chi connectivity index (χ3v) is 12.1. The van der Waals surface area contributed by atoms with E-state index >= 15 is 0 Å². The van der Waals surface area contributed by atoms with Gasteiger partial charge in [0, 0.05) is 15.3 Å². The Kier molecular flexibility index (Phi) is 6.65. The third-order valence-electron chi connectivity index (χ3n) is 6.40. The van der Waals surface area contributed by atoms with Crippen LogP contribution in [0.1, 0.15) is 25.8 Å². The van der Waals surface area contributed by atoms with Crippen molar-refractivity contribution >= 4 is 48.8 Å². The lowest BCUT2D eigenvalue weighted by Gasteiger charge is -2.25. The van der Waals surface area contributed by atoms with Gasteiger partial charge in [-0.3, -0.25) is 4.79 Å². The highest BCUT2D eigenvalue weighted by Gasteiger charge is 2.76. The molecule has 35 heavy (non-hydrogen) atoms. The van der Waals surface area contributed by atoms with Crippen molar-refractivity contribution in [1.82, 2.24) is 4.72 Å². The molecule has 0 spiro atoms. The van der Waals surface area contributed by atoms with Gasteiger partial charge in [-0.1, -0.05) is 54.1 Å². The summed E-state index contributed by atoms with van der Waals surface area (Å²) in [5.74, 6) is -1.91. The van der Waals surface area contributed by atoms with Crippen LogP contribution in [0.15, 0.2) is 70.9 Å². The Balaban J connectivity index is 1.74. The number of carboxylic acids is 1. The van der Waals surface area contributed by atoms with Gasteiger partial charge >= 0.3 is 5.97 Å². The van der Waals surface area contributed by atoms with E-state index in [4.69, 9.17) is 11.6 Å². The fourth-order valence-electron chi connectivity index (χ4n) is 4.25. The molecule has 1 saturated carbocycles. The fraction of sp³-hybridized carbons (Fsp3) is 0.292. The van der Waals surface area contributed by atoms with Crippen molar-refractivity contribution in [3.05, 3.63) is 77.3 Å². The summed E-state index contributed by atoms with van der Waals surface area (Å²) in [6, 6.07) is 18.3. The fourth-order valence-corrected chi connectivity index (χ4v) is 8.65. The summed E-state index contributed by atoms with van der Waals surface area (Å²) >= 11 is 6.92. The molecule has 0 saturated heterocycles. The van der Waals surface area contributed by atoms with Crippen LogP contribution >= 0.6 is 22.9 Å². The molecule has 2 atom stereocenters. The number of thiophene rings is 1. The molecule has 0 amide bonds. The molecule has 2 aromatic carbocycles. The van der Waals surface area contributed by atoms with E-state index in [1.807, 2.05) is 0 Å². The van der Waals surface area contributed by atoms with Crippen LogP contribution in [0.5, 0.6) is 0 Å². The monoisotopic (exact) mass is 553 g/mol. The smallest absolute Gasteiger partial charge is 0.325 e. The third kappa shape index (κ3) is 4.65. The van der Waals surface area contributed by atoms with Crippen LogP contribution in [0.4, 0.5) is 0 Å². The highest BCUT2D eigenvalue weighted by Crippen LogP contribution is 2.59. The molecule has 11 heteroatoms. The van der Waals surface area contributed by atoms with Crippen molar-refractivity contribution in [2.24, 2.45) is 0 Å². The first kappa shape index (κ1) is 25.8. The van der Waals surface area contributed by atoms with Gasteiger partial charge in [-0.2, -0.15) is 4.72 Å². The number of rotatable bonds is 9. The van der Waals surface area contributed by atoms with Gasteiger partial charge in [-0.15, -0.1) is 11.3 Å². The van der Waals surface area contributed by atoms with E-state index < -0.39 is 47.8 Å². The maximum absolute atomic E-state index is 13.4. The number of carboxylic acid groups (broad SMARTS) is 1. The molecule has 1 unspecified atom stereocenters. The molecule has 2 N–H and O–H groups in total. The second-order valence-corrected chi connectivity index (χ2v) is 14.9. The Labute approximate surface area is 213 Å². The largest absolute Gasteiger partial charge is 0.480 e. The Morgan fingerprint density at radius 2 is 1.66 bits per heavy atom. The van der Waals surface area contributed by atoms with Crippen LogP contribution in [-0.2, 0) is 30.1 Å². The number of aliphatic carboxylic acids is 1. The summed E-state index contributed by atoms with van der Waals surface area (Å²) in [6.45, 7) is 3.04. The quantitative estimate of drug-likeness (QED) is 0.407. The van der Waals surface area contributed by atoms with Crippen molar-refractivity contribution in [2.45, 2.75) is 40.7 Å². The van der Waals surface area contributed by atoms with Crippen LogP contribution in [-0.4, -0.2) is 44.5 Å². The number of halogens is 1. The van der Waals surface area contributed by atoms with Crippen molar-refractivity contribution in [3.8, 4) is 10.4 Å². The molecule has 4 rings (SSSR count). The lowest BCUT2D eigenvalue weighted by molar-refractivity contribution is -0.140. The zero-order chi connectivity index (χ0) is 25.6. The Morgan fingerprint density at radius 3 is 2.23 bits per heavy atom. The van der Waals surface area contributed by atoms with Gasteiger partial charge in [-0.05, 0) is 55.7 Å². The first-order chi connectivity index (χ1) is 16.3. The summed E-state index contributed by atoms with van der Waals surface area (Å²) in [6.07, 6.45) is -0.181. The van der Waals surface area contributed by atoms with Crippen LogP contribution in [0.25, 0.3) is 10.4 Å². The SMILES string of the molecule is CC(C)S(=O)(=O)C[C@@]1(c2ccccc2)CC1(NS(=O)(=O)c1ccc(-c2ccc(Cl)cc2)s1)C(=O)O. The van der Waals surface area contributed by atoms with E-state index in [1.165, 1.54) is 19.9 Å². The van der Waals surface area contributed by atoms with Gasteiger partial charge in [0.05, 0.1) is 11.0 Å². The van der Waals surface area contributed by atoms with Crippen molar-refractivity contribution in [2.75, 3.05) is 5.75 Å². The molecule has 186 valence electrons. The standard InChI is InChI=1S/C24H24ClNO6S3/c1-16(2)34(29,30)15-23(18-6-4-3-5-7-18)14-24(23,22(27)28)26-35(31,32)21-13-12-20(33-21)17-8-10-19(25)11-9-17/h3-13,16,26H,14-15H2,1-2H3,(H,27,28)/t23-,24?/m1/s1. The number of carbonyl (C=O) groups is 1. The van der Waals surface area contributed by atoms with Gasteiger partial charge in [-0.25, -0.2) is 16.8 Å². The van der Waals surface area contributed by atoms with E-state index in [9.17, 15) is 26.7 Å². The molecule has 1 heterocycles. The van der Waals surface area contributed by atoms with Crippen molar-refractivity contribution in [3.63, 3.8) is 0 Å². The summed E-state index contributed by atoms with van der Waals surface area (Å²) in [5, 5.41) is 10.0. The molecule has 1 fully saturated rings. The minimum absolute atomic E-state index is 0.0661. The Morgan fingerprint density at radius 1 is 1.03 bits per heavy atom. The number of sulfonamides is 1. The molecule has 1 aromatic heterocycles. The lowest BCUT2D eigenvalue weighted by atomic mass is 9.92. The Bertz CT molecular complexity index is 1470. The normalized spacial score (nSPS) is 22.3. The van der Waals surface area contributed by atoms with Crippen LogP contribution in [0, 0.1) is 0 Å². The minimum atomic E-state index is -4.28. The lowest BCUT2D eigenvalue weighted by Crippen LogP contribution is -2.50. The van der Waals surface area contributed by atoms with Crippen LogP contribution in [0.3, 0.4) is 0 Å². The van der Waals surface area contributed by atoms with Gasteiger partial charge < -0.3 is 5.11 Å². The van der Waals surface area contributed by atoms with Gasteiger partial charge in [0.2, 0.25) is 0 Å². The predicted octanol–water partition coefficient (Wildman–Crippen LogP) is 4.34.